The van der Waals surface area contributed by atoms with Crippen LogP contribution in [-0.2, 0) is 0 Å². The van der Waals surface area contributed by atoms with Crippen LogP contribution in [0.3, 0.4) is 0 Å². The number of rotatable bonds is 2. The molecule has 0 unspecified atom stereocenters. The fourth-order valence-electron chi connectivity index (χ4n) is 2.70. The lowest BCUT2D eigenvalue weighted by molar-refractivity contribution is 0.272. The summed E-state index contributed by atoms with van der Waals surface area (Å²) in [5.41, 5.74) is 0. The third kappa shape index (κ3) is 2.36. The summed E-state index contributed by atoms with van der Waals surface area (Å²) in [6, 6.07) is 0. The van der Waals surface area contributed by atoms with Crippen LogP contribution in [0.4, 0.5) is 0 Å². The van der Waals surface area contributed by atoms with E-state index in [0.717, 1.165) is 17.8 Å². The highest BCUT2D eigenvalue weighted by Crippen LogP contribution is 2.32. The summed E-state index contributed by atoms with van der Waals surface area (Å²) in [4.78, 5) is 2.66. The van der Waals surface area contributed by atoms with Crippen molar-refractivity contribution in [2.24, 2.45) is 17.8 Å². The predicted molar refractivity (Wildman–Crippen MR) is 63.9 cm³/mol. The molecule has 2 atom stereocenters. The molecule has 0 aromatic carbocycles. The van der Waals surface area contributed by atoms with Crippen LogP contribution in [-0.4, -0.2) is 40.7 Å². The van der Waals surface area contributed by atoms with Crippen LogP contribution in [0.2, 0.25) is 0 Å². The molecule has 3 heteroatoms. The summed E-state index contributed by atoms with van der Waals surface area (Å²) in [5, 5.41) is 0. The van der Waals surface area contributed by atoms with Crippen molar-refractivity contribution >= 4 is 22.9 Å². The van der Waals surface area contributed by atoms with E-state index in [-0.39, 0.29) is 0 Å². The molecule has 0 saturated carbocycles. The minimum Gasteiger partial charge on any atom is -0.302 e. The van der Waals surface area contributed by atoms with Gasteiger partial charge in [0, 0.05) is 55.6 Å². The maximum absolute atomic E-state index is 2.66. The Morgan fingerprint density at radius 1 is 1.15 bits per heavy atom. The molecule has 0 amide bonds. The highest BCUT2D eigenvalue weighted by atomic mass is 127. The van der Waals surface area contributed by atoms with Crippen molar-refractivity contribution in [3.63, 3.8) is 0 Å². The van der Waals surface area contributed by atoms with Gasteiger partial charge in [-0.2, -0.15) is 0 Å². The first-order chi connectivity index (χ1) is 6.15. The van der Waals surface area contributed by atoms with Gasteiger partial charge in [0.25, 0.3) is 0 Å². The molecule has 2 aliphatic rings. The smallest absolute Gasteiger partial charge is 0.0201 e. The maximum Gasteiger partial charge on any atom is 0.0201 e. The number of hydrogen-bond acceptors (Lipinski definition) is 2. The predicted octanol–water partition coefficient (Wildman–Crippen LogP) is 1.86. The molecule has 2 rings (SSSR count). The summed E-state index contributed by atoms with van der Waals surface area (Å²) in [6.07, 6.45) is 0. The van der Waals surface area contributed by atoms with Crippen molar-refractivity contribution in [3.8, 4) is 0 Å². The highest BCUT2D eigenvalue weighted by molar-refractivity contribution is 14.1. The molecule has 2 heterocycles. The Bertz CT molecular complexity index is 170. The van der Waals surface area contributed by atoms with E-state index in [1.807, 2.05) is 0 Å². The third-order valence-electron chi connectivity index (χ3n) is 3.14. The van der Waals surface area contributed by atoms with Crippen molar-refractivity contribution in [2.75, 3.05) is 32.7 Å². The zero-order valence-electron chi connectivity index (χ0n) is 8.54. The van der Waals surface area contributed by atoms with Crippen LogP contribution in [0.5, 0.6) is 0 Å². The van der Waals surface area contributed by atoms with Crippen molar-refractivity contribution in [3.05, 3.63) is 0 Å². The molecule has 0 aromatic rings. The number of halogens is 1. The Morgan fingerprint density at radius 3 is 2.15 bits per heavy atom. The van der Waals surface area contributed by atoms with E-state index < -0.39 is 0 Å². The van der Waals surface area contributed by atoms with Crippen LogP contribution in [0.1, 0.15) is 13.8 Å². The molecule has 13 heavy (non-hydrogen) atoms. The van der Waals surface area contributed by atoms with Crippen molar-refractivity contribution in [1.82, 2.24) is 8.01 Å². The lowest BCUT2D eigenvalue weighted by Crippen LogP contribution is -2.28. The molecular formula is C10H19IN2. The summed E-state index contributed by atoms with van der Waals surface area (Å²) >= 11 is 2.47. The maximum atomic E-state index is 2.66. The van der Waals surface area contributed by atoms with Crippen molar-refractivity contribution < 1.29 is 0 Å². The highest BCUT2D eigenvalue weighted by Gasteiger charge is 2.38. The topological polar surface area (TPSA) is 6.48 Å². The minimum atomic E-state index is 0.828. The average molecular weight is 294 g/mol. The molecule has 2 saturated heterocycles. The lowest BCUT2D eigenvalue weighted by Gasteiger charge is -2.20. The SMILES string of the molecule is CC(C)CN1C[C@H]2CN(I)C[C@H]2C1. The zero-order valence-corrected chi connectivity index (χ0v) is 10.7. The van der Waals surface area contributed by atoms with E-state index in [9.17, 15) is 0 Å². The van der Waals surface area contributed by atoms with Gasteiger partial charge in [0.15, 0.2) is 0 Å². The first-order valence-electron chi connectivity index (χ1n) is 5.28. The fraction of sp³-hybridized carbons (Fsp3) is 1.00. The van der Waals surface area contributed by atoms with Crippen molar-refractivity contribution in [2.45, 2.75) is 13.8 Å². The summed E-state index contributed by atoms with van der Waals surface area (Å²) in [7, 11) is 0. The van der Waals surface area contributed by atoms with Gasteiger partial charge in [-0.05, 0) is 17.8 Å². The standard InChI is InChI=1S/C10H19IN2/c1-8(2)3-12-4-9-6-13(11)7-10(9)5-12/h8-10H,3-7H2,1-2H3/t9-,10+. The van der Waals surface area contributed by atoms with E-state index >= 15 is 0 Å². The van der Waals surface area contributed by atoms with E-state index in [1.165, 1.54) is 32.7 Å². The molecule has 0 radical (unpaired) electrons. The van der Waals surface area contributed by atoms with Crippen LogP contribution in [0.25, 0.3) is 0 Å². The first kappa shape index (κ1) is 10.2. The van der Waals surface area contributed by atoms with Crippen LogP contribution < -0.4 is 0 Å². The van der Waals surface area contributed by atoms with E-state index in [1.54, 1.807) is 0 Å². The first-order valence-corrected chi connectivity index (χ1v) is 6.24. The third-order valence-corrected chi connectivity index (χ3v) is 3.93. The Labute approximate surface area is 95.2 Å². The molecule has 0 aliphatic carbocycles. The second-order valence-corrected chi connectivity index (χ2v) is 6.32. The number of hydrogen-bond donors (Lipinski definition) is 0. The quantitative estimate of drug-likeness (QED) is 0.566. The Kier molecular flexibility index (Phi) is 3.15. The van der Waals surface area contributed by atoms with Gasteiger partial charge in [-0.1, -0.05) is 13.8 Å². The second-order valence-electron chi connectivity index (χ2n) is 4.96. The van der Waals surface area contributed by atoms with E-state index in [4.69, 9.17) is 0 Å². The Morgan fingerprint density at radius 2 is 1.69 bits per heavy atom. The Balaban J connectivity index is 1.83. The zero-order chi connectivity index (χ0) is 9.42. The second kappa shape index (κ2) is 4.03. The summed E-state index contributed by atoms with van der Waals surface area (Å²) in [5.74, 6) is 2.76. The Hall–Kier alpha value is 0.650. The summed E-state index contributed by atoms with van der Waals surface area (Å²) in [6.45, 7) is 11.3. The minimum absolute atomic E-state index is 0.828. The molecule has 0 N–H and O–H groups in total. The number of nitrogens with zero attached hydrogens (tertiary/aromatic N) is 2. The van der Waals surface area contributed by atoms with Gasteiger partial charge in [-0.15, -0.1) is 0 Å². The fourth-order valence-corrected chi connectivity index (χ4v) is 3.71. The van der Waals surface area contributed by atoms with Crippen molar-refractivity contribution in [1.29, 1.82) is 0 Å². The molecule has 0 spiro atoms. The van der Waals surface area contributed by atoms with Gasteiger partial charge in [0.2, 0.25) is 0 Å². The normalized spacial score (nSPS) is 36.0. The largest absolute Gasteiger partial charge is 0.302 e. The lowest BCUT2D eigenvalue weighted by atomic mass is 10.0. The molecule has 0 bridgehead atoms. The van der Waals surface area contributed by atoms with Gasteiger partial charge < -0.3 is 4.90 Å². The molecule has 76 valence electrons. The molecule has 2 nitrogen and oxygen atoms in total. The van der Waals surface area contributed by atoms with Crippen LogP contribution in [0.15, 0.2) is 0 Å². The molecular weight excluding hydrogens is 275 g/mol. The van der Waals surface area contributed by atoms with E-state index in [2.05, 4.69) is 44.7 Å². The molecule has 0 aromatic heterocycles. The monoisotopic (exact) mass is 294 g/mol. The molecule has 2 aliphatic heterocycles. The van der Waals surface area contributed by atoms with E-state index in [0.29, 0.717) is 0 Å². The van der Waals surface area contributed by atoms with Gasteiger partial charge in [0.05, 0.1) is 0 Å². The average Bonchev–Trinajstić information content (AvgIpc) is 2.41. The van der Waals surface area contributed by atoms with Gasteiger partial charge in [0.1, 0.15) is 0 Å². The van der Waals surface area contributed by atoms with Crippen LogP contribution in [0, 0.1) is 17.8 Å². The number of fused-ring (bicyclic) bond motifs is 1. The van der Waals surface area contributed by atoms with Crippen LogP contribution >= 0.6 is 22.9 Å². The van der Waals surface area contributed by atoms with Gasteiger partial charge in [-0.25, -0.2) is 3.11 Å². The van der Waals surface area contributed by atoms with Gasteiger partial charge >= 0.3 is 0 Å². The van der Waals surface area contributed by atoms with Gasteiger partial charge in [-0.3, -0.25) is 0 Å². The summed E-state index contributed by atoms with van der Waals surface area (Å²) < 4.78 is 2.46. The molecule has 2 fully saturated rings. The number of likely N-dealkylation sites (tertiary alicyclic amines) is 1.